The molecule has 3 heterocycles. The average Bonchev–Trinajstić information content (AvgIpc) is 3.00. The van der Waals surface area contributed by atoms with E-state index < -0.39 is 0 Å². The Morgan fingerprint density at radius 1 is 1.26 bits per heavy atom. The van der Waals surface area contributed by atoms with Crippen LogP contribution in [0.2, 0.25) is 0 Å². The first-order chi connectivity index (χ1) is 9.42. The van der Waals surface area contributed by atoms with Crippen LogP contribution in [0.3, 0.4) is 0 Å². The van der Waals surface area contributed by atoms with Gasteiger partial charge in [0.05, 0.1) is 25.1 Å². The number of pyridine rings is 1. The van der Waals surface area contributed by atoms with Gasteiger partial charge in [0.15, 0.2) is 0 Å². The third-order valence-electron chi connectivity index (χ3n) is 3.13. The topological polar surface area (TPSA) is 37.4 Å². The van der Waals surface area contributed by atoms with Gasteiger partial charge in [-0.2, -0.15) is 0 Å². The Morgan fingerprint density at radius 3 is 2.84 bits per heavy atom. The predicted octanol–water partition coefficient (Wildman–Crippen LogP) is 2.59. The molecular formula is C14H17N3OS. The van der Waals surface area contributed by atoms with E-state index in [1.807, 2.05) is 6.20 Å². The summed E-state index contributed by atoms with van der Waals surface area (Å²) in [4.78, 5) is 8.10. The Bertz CT molecular complexity index is 492. The van der Waals surface area contributed by atoms with Gasteiger partial charge in [-0.15, -0.1) is 11.3 Å². The molecule has 0 saturated carbocycles. The second-order valence-corrected chi connectivity index (χ2v) is 5.47. The molecule has 0 bridgehead atoms. The predicted molar refractivity (Wildman–Crippen MR) is 78.9 cm³/mol. The van der Waals surface area contributed by atoms with E-state index in [0.717, 1.165) is 44.4 Å². The van der Waals surface area contributed by atoms with Crippen molar-refractivity contribution in [1.82, 2.24) is 4.98 Å². The minimum Gasteiger partial charge on any atom is -0.379 e. The molecule has 5 heteroatoms. The van der Waals surface area contributed by atoms with E-state index in [2.05, 4.69) is 44.8 Å². The second-order valence-electron chi connectivity index (χ2n) is 4.44. The summed E-state index contributed by atoms with van der Waals surface area (Å²) in [5.74, 6) is 1.03. The quantitative estimate of drug-likeness (QED) is 0.930. The standard InChI is InChI=1S/C14H17N3OS/c1-2-13(19-9-1)11-15-12-3-4-14(16-10-12)17-5-7-18-8-6-17/h1-4,9-10,15H,5-8,11H2. The molecule has 1 aliphatic rings. The van der Waals surface area contributed by atoms with Gasteiger partial charge in [0.2, 0.25) is 0 Å². The molecule has 1 saturated heterocycles. The van der Waals surface area contributed by atoms with Crippen LogP contribution in [0.4, 0.5) is 11.5 Å². The van der Waals surface area contributed by atoms with Crippen molar-refractivity contribution in [1.29, 1.82) is 0 Å². The number of rotatable bonds is 4. The van der Waals surface area contributed by atoms with E-state index in [9.17, 15) is 0 Å². The molecule has 0 spiro atoms. The van der Waals surface area contributed by atoms with Crippen molar-refractivity contribution < 1.29 is 4.74 Å². The van der Waals surface area contributed by atoms with Crippen molar-refractivity contribution in [3.05, 3.63) is 40.7 Å². The molecule has 0 unspecified atom stereocenters. The zero-order chi connectivity index (χ0) is 12.9. The summed E-state index contributed by atoms with van der Waals surface area (Å²) in [7, 11) is 0. The normalized spacial score (nSPS) is 15.5. The summed E-state index contributed by atoms with van der Waals surface area (Å²) in [6.45, 7) is 4.29. The number of nitrogens with zero attached hydrogens (tertiary/aromatic N) is 2. The summed E-state index contributed by atoms with van der Waals surface area (Å²) in [5, 5.41) is 5.48. The summed E-state index contributed by atoms with van der Waals surface area (Å²) in [5.41, 5.74) is 1.06. The SMILES string of the molecule is c1csc(CNc2ccc(N3CCOCC3)nc2)c1. The summed E-state index contributed by atoms with van der Waals surface area (Å²) < 4.78 is 5.34. The first-order valence-electron chi connectivity index (χ1n) is 6.47. The molecule has 0 atom stereocenters. The van der Waals surface area contributed by atoms with Gasteiger partial charge in [-0.3, -0.25) is 0 Å². The van der Waals surface area contributed by atoms with Crippen molar-refractivity contribution in [2.24, 2.45) is 0 Å². The molecule has 1 fully saturated rings. The smallest absolute Gasteiger partial charge is 0.128 e. The van der Waals surface area contributed by atoms with Crippen molar-refractivity contribution in [2.45, 2.75) is 6.54 Å². The van der Waals surface area contributed by atoms with E-state index in [1.165, 1.54) is 4.88 Å². The highest BCUT2D eigenvalue weighted by atomic mass is 32.1. The molecule has 1 aliphatic heterocycles. The first-order valence-corrected chi connectivity index (χ1v) is 7.35. The van der Waals surface area contributed by atoms with Gasteiger partial charge in [-0.05, 0) is 23.6 Å². The van der Waals surface area contributed by atoms with Gasteiger partial charge < -0.3 is 15.0 Å². The molecule has 1 N–H and O–H groups in total. The lowest BCUT2D eigenvalue weighted by atomic mass is 10.3. The number of hydrogen-bond acceptors (Lipinski definition) is 5. The molecule has 2 aromatic heterocycles. The van der Waals surface area contributed by atoms with Crippen LogP contribution in [0, 0.1) is 0 Å². The van der Waals surface area contributed by atoms with E-state index in [-0.39, 0.29) is 0 Å². The third kappa shape index (κ3) is 3.24. The molecule has 0 radical (unpaired) electrons. The number of aromatic nitrogens is 1. The summed E-state index contributed by atoms with van der Waals surface area (Å²) >= 11 is 1.76. The minimum atomic E-state index is 0.792. The van der Waals surface area contributed by atoms with Crippen LogP contribution in [-0.4, -0.2) is 31.3 Å². The van der Waals surface area contributed by atoms with Gasteiger partial charge >= 0.3 is 0 Å². The summed E-state index contributed by atoms with van der Waals surface area (Å²) in [6.07, 6.45) is 1.90. The molecular weight excluding hydrogens is 258 g/mol. The first kappa shape index (κ1) is 12.4. The largest absolute Gasteiger partial charge is 0.379 e. The van der Waals surface area contributed by atoms with Gasteiger partial charge in [-0.1, -0.05) is 6.07 Å². The fraction of sp³-hybridized carbons (Fsp3) is 0.357. The Balaban J connectivity index is 1.58. The van der Waals surface area contributed by atoms with E-state index >= 15 is 0 Å². The fourth-order valence-electron chi connectivity index (χ4n) is 2.07. The van der Waals surface area contributed by atoms with Crippen LogP contribution in [0.25, 0.3) is 0 Å². The highest BCUT2D eigenvalue weighted by Crippen LogP contribution is 2.17. The summed E-state index contributed by atoms with van der Waals surface area (Å²) in [6, 6.07) is 8.36. The Labute approximate surface area is 117 Å². The number of thiophene rings is 1. The van der Waals surface area contributed by atoms with E-state index in [4.69, 9.17) is 4.74 Å². The molecule has 3 rings (SSSR count). The van der Waals surface area contributed by atoms with Gasteiger partial charge in [0, 0.05) is 24.5 Å². The monoisotopic (exact) mass is 275 g/mol. The molecule has 19 heavy (non-hydrogen) atoms. The highest BCUT2D eigenvalue weighted by molar-refractivity contribution is 7.09. The number of hydrogen-bond donors (Lipinski definition) is 1. The van der Waals surface area contributed by atoms with Crippen molar-refractivity contribution in [2.75, 3.05) is 36.5 Å². The lowest BCUT2D eigenvalue weighted by Crippen LogP contribution is -2.36. The lowest BCUT2D eigenvalue weighted by molar-refractivity contribution is 0.122. The van der Waals surface area contributed by atoms with Gasteiger partial charge in [-0.25, -0.2) is 4.98 Å². The fourth-order valence-corrected chi connectivity index (χ4v) is 2.72. The molecule has 0 amide bonds. The maximum Gasteiger partial charge on any atom is 0.128 e. The van der Waals surface area contributed by atoms with E-state index in [0.29, 0.717) is 0 Å². The van der Waals surface area contributed by atoms with Crippen molar-refractivity contribution in [3.8, 4) is 0 Å². The maximum atomic E-state index is 5.34. The van der Waals surface area contributed by atoms with Crippen LogP contribution >= 0.6 is 11.3 Å². The lowest BCUT2D eigenvalue weighted by Gasteiger charge is -2.27. The molecule has 0 aliphatic carbocycles. The Hall–Kier alpha value is -1.59. The number of morpholine rings is 1. The van der Waals surface area contributed by atoms with Gasteiger partial charge in [0.1, 0.15) is 5.82 Å². The maximum absolute atomic E-state index is 5.34. The second kappa shape index (κ2) is 6.04. The van der Waals surface area contributed by atoms with Crippen LogP contribution in [0.1, 0.15) is 4.88 Å². The highest BCUT2D eigenvalue weighted by Gasteiger charge is 2.11. The van der Waals surface area contributed by atoms with Crippen LogP contribution < -0.4 is 10.2 Å². The average molecular weight is 275 g/mol. The molecule has 4 nitrogen and oxygen atoms in total. The van der Waals surface area contributed by atoms with Crippen LogP contribution in [0.15, 0.2) is 35.8 Å². The molecule has 100 valence electrons. The number of ether oxygens (including phenoxy) is 1. The third-order valence-corrected chi connectivity index (χ3v) is 4.01. The van der Waals surface area contributed by atoms with Crippen LogP contribution in [-0.2, 0) is 11.3 Å². The van der Waals surface area contributed by atoms with Crippen molar-refractivity contribution >= 4 is 22.8 Å². The Morgan fingerprint density at radius 2 is 2.16 bits per heavy atom. The zero-order valence-electron chi connectivity index (χ0n) is 10.7. The molecule has 2 aromatic rings. The van der Waals surface area contributed by atoms with Crippen molar-refractivity contribution in [3.63, 3.8) is 0 Å². The Kier molecular flexibility index (Phi) is 3.95. The number of anilines is 2. The molecule has 0 aromatic carbocycles. The van der Waals surface area contributed by atoms with Crippen LogP contribution in [0.5, 0.6) is 0 Å². The number of nitrogens with one attached hydrogen (secondary N) is 1. The van der Waals surface area contributed by atoms with Gasteiger partial charge in [0.25, 0.3) is 0 Å². The zero-order valence-corrected chi connectivity index (χ0v) is 11.5. The minimum absolute atomic E-state index is 0.792. The van der Waals surface area contributed by atoms with E-state index in [1.54, 1.807) is 11.3 Å².